The Bertz CT molecular complexity index is 564. The van der Waals surface area contributed by atoms with Gasteiger partial charge in [-0.15, -0.1) is 0 Å². The third-order valence-corrected chi connectivity index (χ3v) is 4.19. The molecule has 1 atom stereocenters. The molecule has 1 saturated heterocycles. The van der Waals surface area contributed by atoms with E-state index in [1.54, 1.807) is 0 Å². The SMILES string of the molecule is CNCCC1CCCCN1c1cnnc2ccccc12. The number of piperidine rings is 1. The summed E-state index contributed by atoms with van der Waals surface area (Å²) in [6, 6.07) is 8.92. The molecule has 0 bridgehead atoms. The summed E-state index contributed by atoms with van der Waals surface area (Å²) in [5.74, 6) is 0. The van der Waals surface area contributed by atoms with Crippen molar-refractivity contribution in [1.29, 1.82) is 0 Å². The second-order valence-corrected chi connectivity index (χ2v) is 5.48. The van der Waals surface area contributed by atoms with Crippen molar-refractivity contribution in [2.24, 2.45) is 0 Å². The van der Waals surface area contributed by atoms with Crippen LogP contribution in [0.2, 0.25) is 0 Å². The number of hydrogen-bond acceptors (Lipinski definition) is 4. The van der Waals surface area contributed by atoms with Crippen molar-refractivity contribution in [2.75, 3.05) is 25.0 Å². The lowest BCUT2D eigenvalue weighted by Crippen LogP contribution is -2.41. The zero-order valence-corrected chi connectivity index (χ0v) is 12.0. The van der Waals surface area contributed by atoms with Gasteiger partial charge in [0.25, 0.3) is 0 Å². The highest BCUT2D eigenvalue weighted by atomic mass is 15.2. The van der Waals surface area contributed by atoms with E-state index in [4.69, 9.17) is 0 Å². The molecule has 1 unspecified atom stereocenters. The van der Waals surface area contributed by atoms with E-state index < -0.39 is 0 Å². The van der Waals surface area contributed by atoms with Gasteiger partial charge in [0.15, 0.2) is 0 Å². The molecule has 2 aromatic rings. The van der Waals surface area contributed by atoms with E-state index in [0.717, 1.165) is 18.6 Å². The maximum atomic E-state index is 4.23. The van der Waals surface area contributed by atoms with Crippen LogP contribution in [0.5, 0.6) is 0 Å². The quantitative estimate of drug-likeness (QED) is 0.927. The molecular formula is C16H22N4. The Morgan fingerprint density at radius 2 is 2.20 bits per heavy atom. The van der Waals surface area contributed by atoms with Crippen LogP contribution in [0.4, 0.5) is 5.69 Å². The largest absolute Gasteiger partial charge is 0.367 e. The van der Waals surface area contributed by atoms with Crippen LogP contribution in [0.15, 0.2) is 30.5 Å². The highest BCUT2D eigenvalue weighted by molar-refractivity contribution is 5.90. The number of fused-ring (bicyclic) bond motifs is 1. The predicted octanol–water partition coefficient (Wildman–Crippen LogP) is 2.60. The summed E-state index contributed by atoms with van der Waals surface area (Å²) < 4.78 is 0. The maximum absolute atomic E-state index is 4.23. The lowest BCUT2D eigenvalue weighted by Gasteiger charge is -2.38. The fourth-order valence-corrected chi connectivity index (χ4v) is 3.15. The van der Waals surface area contributed by atoms with Gasteiger partial charge < -0.3 is 10.2 Å². The molecule has 1 N–H and O–H groups in total. The molecule has 4 nitrogen and oxygen atoms in total. The van der Waals surface area contributed by atoms with Crippen molar-refractivity contribution in [3.8, 4) is 0 Å². The monoisotopic (exact) mass is 270 g/mol. The van der Waals surface area contributed by atoms with Gasteiger partial charge in [-0.2, -0.15) is 10.2 Å². The summed E-state index contributed by atoms with van der Waals surface area (Å²) in [6.07, 6.45) is 7.00. The molecule has 0 spiro atoms. The average Bonchev–Trinajstić information content (AvgIpc) is 2.53. The first-order valence-electron chi connectivity index (χ1n) is 7.52. The standard InChI is InChI=1S/C16H22N4/c1-17-10-9-13-6-4-5-11-20(13)16-12-18-19-15-8-3-2-7-14(15)16/h2-3,7-8,12-13,17H,4-6,9-11H2,1H3. The fraction of sp³-hybridized carbons (Fsp3) is 0.500. The lowest BCUT2D eigenvalue weighted by molar-refractivity contribution is 0.434. The van der Waals surface area contributed by atoms with Gasteiger partial charge in [0.05, 0.1) is 17.4 Å². The Labute approximate surface area is 120 Å². The lowest BCUT2D eigenvalue weighted by atomic mass is 9.98. The molecule has 1 aromatic carbocycles. The summed E-state index contributed by atoms with van der Waals surface area (Å²) >= 11 is 0. The summed E-state index contributed by atoms with van der Waals surface area (Å²) in [4.78, 5) is 2.54. The summed E-state index contributed by atoms with van der Waals surface area (Å²) in [7, 11) is 2.02. The Morgan fingerprint density at radius 1 is 1.30 bits per heavy atom. The van der Waals surface area contributed by atoms with Crippen LogP contribution in [0.3, 0.4) is 0 Å². The molecule has 20 heavy (non-hydrogen) atoms. The smallest absolute Gasteiger partial charge is 0.0950 e. The first-order chi connectivity index (χ1) is 9.90. The third-order valence-electron chi connectivity index (χ3n) is 4.19. The Morgan fingerprint density at radius 3 is 3.10 bits per heavy atom. The van der Waals surface area contributed by atoms with Crippen LogP contribution in [-0.2, 0) is 0 Å². The van der Waals surface area contributed by atoms with Crippen molar-refractivity contribution >= 4 is 16.6 Å². The topological polar surface area (TPSA) is 41.0 Å². The second kappa shape index (κ2) is 6.18. The molecule has 106 valence electrons. The van der Waals surface area contributed by atoms with Gasteiger partial charge in [-0.1, -0.05) is 18.2 Å². The van der Waals surface area contributed by atoms with Crippen molar-refractivity contribution in [3.05, 3.63) is 30.5 Å². The second-order valence-electron chi connectivity index (χ2n) is 5.48. The number of rotatable bonds is 4. The minimum atomic E-state index is 0.615. The summed E-state index contributed by atoms with van der Waals surface area (Å²) in [6.45, 7) is 2.20. The zero-order chi connectivity index (χ0) is 13.8. The van der Waals surface area contributed by atoms with Crippen LogP contribution in [0, 0.1) is 0 Å². The summed E-state index contributed by atoms with van der Waals surface area (Å²) in [5, 5.41) is 12.9. The molecule has 0 amide bonds. The number of aromatic nitrogens is 2. The average molecular weight is 270 g/mol. The molecule has 0 aliphatic carbocycles. The number of anilines is 1. The number of nitrogens with zero attached hydrogens (tertiary/aromatic N) is 3. The molecule has 1 aliphatic heterocycles. The van der Waals surface area contributed by atoms with E-state index in [9.17, 15) is 0 Å². The number of benzene rings is 1. The first kappa shape index (κ1) is 13.3. The molecular weight excluding hydrogens is 248 g/mol. The molecule has 4 heteroatoms. The highest BCUT2D eigenvalue weighted by Gasteiger charge is 2.23. The van der Waals surface area contributed by atoms with Gasteiger partial charge in [-0.05, 0) is 45.3 Å². The van der Waals surface area contributed by atoms with E-state index in [1.807, 2.05) is 25.4 Å². The zero-order valence-electron chi connectivity index (χ0n) is 12.0. The van der Waals surface area contributed by atoms with Crippen molar-refractivity contribution < 1.29 is 0 Å². The minimum Gasteiger partial charge on any atom is -0.367 e. The summed E-state index contributed by atoms with van der Waals surface area (Å²) in [5.41, 5.74) is 2.24. The maximum Gasteiger partial charge on any atom is 0.0950 e. The van der Waals surface area contributed by atoms with Crippen LogP contribution in [0.25, 0.3) is 10.9 Å². The normalized spacial score (nSPS) is 19.4. The van der Waals surface area contributed by atoms with Gasteiger partial charge >= 0.3 is 0 Å². The predicted molar refractivity (Wildman–Crippen MR) is 83.1 cm³/mol. The molecule has 3 rings (SSSR count). The van der Waals surface area contributed by atoms with E-state index in [0.29, 0.717) is 6.04 Å². The molecule has 0 radical (unpaired) electrons. The van der Waals surface area contributed by atoms with E-state index >= 15 is 0 Å². The van der Waals surface area contributed by atoms with Crippen LogP contribution < -0.4 is 10.2 Å². The van der Waals surface area contributed by atoms with Crippen LogP contribution in [0.1, 0.15) is 25.7 Å². The highest BCUT2D eigenvalue weighted by Crippen LogP contribution is 2.30. The Balaban J connectivity index is 1.95. The van der Waals surface area contributed by atoms with E-state index in [-0.39, 0.29) is 0 Å². The van der Waals surface area contributed by atoms with Crippen molar-refractivity contribution in [3.63, 3.8) is 0 Å². The molecule has 1 aliphatic rings. The van der Waals surface area contributed by atoms with Crippen LogP contribution in [-0.4, -0.2) is 36.4 Å². The van der Waals surface area contributed by atoms with Crippen molar-refractivity contribution in [2.45, 2.75) is 31.7 Å². The van der Waals surface area contributed by atoms with Gasteiger partial charge in [0, 0.05) is 18.0 Å². The Kier molecular flexibility index (Phi) is 4.11. The number of hydrogen-bond donors (Lipinski definition) is 1. The Hall–Kier alpha value is -1.68. The van der Waals surface area contributed by atoms with E-state index in [1.165, 1.54) is 36.8 Å². The molecule has 2 heterocycles. The molecule has 1 fully saturated rings. The number of nitrogens with one attached hydrogen (secondary N) is 1. The minimum absolute atomic E-state index is 0.615. The van der Waals surface area contributed by atoms with Gasteiger partial charge in [-0.3, -0.25) is 0 Å². The van der Waals surface area contributed by atoms with E-state index in [2.05, 4.69) is 32.5 Å². The molecule has 1 aromatic heterocycles. The van der Waals surface area contributed by atoms with Crippen LogP contribution >= 0.6 is 0 Å². The van der Waals surface area contributed by atoms with Gasteiger partial charge in [0.1, 0.15) is 0 Å². The third kappa shape index (κ3) is 2.61. The molecule has 0 saturated carbocycles. The fourth-order valence-electron chi connectivity index (χ4n) is 3.15. The first-order valence-corrected chi connectivity index (χ1v) is 7.52. The van der Waals surface area contributed by atoms with Gasteiger partial charge in [0.2, 0.25) is 0 Å². The van der Waals surface area contributed by atoms with Gasteiger partial charge in [-0.25, -0.2) is 0 Å². The van der Waals surface area contributed by atoms with Crippen molar-refractivity contribution in [1.82, 2.24) is 15.5 Å².